The Morgan fingerprint density at radius 3 is 1.62 bits per heavy atom. The third-order valence-corrected chi connectivity index (χ3v) is 12.7. The molecule has 60 heavy (non-hydrogen) atoms. The van der Waals surface area contributed by atoms with Crippen molar-refractivity contribution in [2.75, 3.05) is 70.3 Å². The van der Waals surface area contributed by atoms with E-state index in [2.05, 4.69) is 20.0 Å². The molecule has 0 saturated carbocycles. The number of aromatic nitrogens is 2. The molecule has 21 heteroatoms. The first kappa shape index (κ1) is 51.6. The average Bonchev–Trinajstić information content (AvgIpc) is 3.92. The Balaban J connectivity index is 0.000000341. The van der Waals surface area contributed by atoms with Gasteiger partial charge in [0.15, 0.2) is 19.7 Å². The van der Waals surface area contributed by atoms with Crippen LogP contribution >= 0.6 is 27.0 Å². The van der Waals surface area contributed by atoms with E-state index in [0.717, 1.165) is 6.42 Å². The Morgan fingerprint density at radius 1 is 0.733 bits per heavy atom. The first-order valence-corrected chi connectivity index (χ1v) is 21.2. The van der Waals surface area contributed by atoms with E-state index in [9.17, 15) is 35.2 Å². The molecule has 4 aromatic rings. The first-order chi connectivity index (χ1) is 27.5. The standard InChI is InChI=1S/C19H21FN2O5S.C14H18O6S.C6H7FN2.2H2S/c1-12-16(20)4-6-18(21-12)22-19(23)15-9-14(3-5-17(15)26-2)28(24,25)11-13-7-8-27-10-13;1-18-13-4-3-11(7-12(13)14(15)19-2)21(16,17)9-10-5-6-20-8-10;1-4-5(7)2-3-6(8)9-4;;/h3-6,9,13H,7-8,10-11H2,1-2H3,(H,21,22,23);3-4,7,10H,5-6,8-9H2,1-2H3;2-3H,1H3,(H2,8,9);2*1H2/t13-;10-;;;/m00.../s1. The van der Waals surface area contributed by atoms with Crippen molar-refractivity contribution in [3.63, 3.8) is 0 Å². The van der Waals surface area contributed by atoms with E-state index < -0.39 is 37.4 Å². The third kappa shape index (κ3) is 14.3. The van der Waals surface area contributed by atoms with Gasteiger partial charge >= 0.3 is 5.97 Å². The van der Waals surface area contributed by atoms with Gasteiger partial charge in [0, 0.05) is 13.2 Å². The van der Waals surface area contributed by atoms with Gasteiger partial charge in [-0.3, -0.25) is 4.79 Å². The molecule has 6 rings (SSSR count). The lowest BCUT2D eigenvalue weighted by molar-refractivity contribution is 0.0596. The van der Waals surface area contributed by atoms with Crippen molar-refractivity contribution in [3.8, 4) is 11.5 Å². The van der Waals surface area contributed by atoms with E-state index in [1.807, 2.05) is 0 Å². The number of methoxy groups -OCH3 is 3. The highest BCUT2D eigenvalue weighted by Crippen LogP contribution is 2.28. The fourth-order valence-electron chi connectivity index (χ4n) is 5.81. The van der Waals surface area contributed by atoms with Gasteiger partial charge in [-0.2, -0.15) is 27.0 Å². The molecule has 0 aliphatic carbocycles. The molecule has 330 valence electrons. The summed E-state index contributed by atoms with van der Waals surface area (Å²) in [6.45, 7) is 5.07. The zero-order valence-corrected chi connectivity index (χ0v) is 37.3. The lowest BCUT2D eigenvalue weighted by atomic mass is 10.2. The minimum absolute atomic E-state index is 0. The molecule has 2 aromatic carbocycles. The summed E-state index contributed by atoms with van der Waals surface area (Å²) < 4.78 is 101. The Bertz CT molecular complexity index is 2310. The average molecular weight is 917 g/mol. The van der Waals surface area contributed by atoms with Gasteiger partial charge < -0.3 is 34.7 Å². The number of hydrogen-bond acceptors (Lipinski definition) is 14. The maximum absolute atomic E-state index is 13.4. The third-order valence-electron chi connectivity index (χ3n) is 8.97. The van der Waals surface area contributed by atoms with Crippen molar-refractivity contribution in [2.24, 2.45) is 11.8 Å². The molecule has 2 aromatic heterocycles. The van der Waals surface area contributed by atoms with Crippen LogP contribution in [0.4, 0.5) is 20.4 Å². The van der Waals surface area contributed by atoms with Gasteiger partial charge in [0.1, 0.15) is 40.3 Å². The summed E-state index contributed by atoms with van der Waals surface area (Å²) in [6, 6.07) is 13.6. The van der Waals surface area contributed by atoms with E-state index in [1.54, 1.807) is 6.92 Å². The number of aryl methyl sites for hydroxylation is 2. The van der Waals surface area contributed by atoms with E-state index in [-0.39, 0.29) is 100 Å². The van der Waals surface area contributed by atoms with Crippen molar-refractivity contribution in [2.45, 2.75) is 36.5 Å². The number of rotatable bonds is 11. The van der Waals surface area contributed by atoms with Crippen LogP contribution in [0.15, 0.2) is 70.5 Å². The summed E-state index contributed by atoms with van der Waals surface area (Å²) >= 11 is 0. The highest BCUT2D eigenvalue weighted by atomic mass is 32.2. The van der Waals surface area contributed by atoms with Crippen LogP contribution in [0.5, 0.6) is 11.5 Å². The predicted molar refractivity (Wildman–Crippen MR) is 230 cm³/mol. The Labute approximate surface area is 362 Å². The predicted octanol–water partition coefficient (Wildman–Crippen LogP) is 5.23. The van der Waals surface area contributed by atoms with Crippen molar-refractivity contribution in [3.05, 3.63) is 94.8 Å². The summed E-state index contributed by atoms with van der Waals surface area (Å²) in [5.41, 5.74) is 5.88. The molecule has 1 amide bonds. The van der Waals surface area contributed by atoms with Gasteiger partial charge in [-0.05, 0) is 99.2 Å². The van der Waals surface area contributed by atoms with Crippen LogP contribution in [0.1, 0.15) is 44.9 Å². The SMILES string of the molecule is COC(=O)c1cc(S(=O)(=O)C[C@H]2CCOC2)ccc1OC.COc1ccc(S(=O)(=O)C[C@H]2CCOC2)cc1C(=O)Nc1ccc(F)c(C)n1.Cc1nc(N)ccc1F.S.S. The van der Waals surface area contributed by atoms with Gasteiger partial charge in [0.2, 0.25) is 0 Å². The van der Waals surface area contributed by atoms with Crippen LogP contribution in [-0.2, 0) is 33.9 Å². The maximum Gasteiger partial charge on any atom is 0.341 e. The topological polar surface area (TPSA) is 212 Å². The molecule has 2 aliphatic rings. The van der Waals surface area contributed by atoms with Crippen molar-refractivity contribution >= 4 is 70.2 Å². The van der Waals surface area contributed by atoms with Gasteiger partial charge in [-0.25, -0.2) is 40.4 Å². The molecular formula is C39H50F2N4O11S4. The zero-order valence-electron chi connectivity index (χ0n) is 33.6. The molecule has 15 nitrogen and oxygen atoms in total. The molecule has 0 unspecified atom stereocenters. The molecule has 3 N–H and O–H groups in total. The number of nitrogen functional groups attached to an aromatic ring is 1. The lowest BCUT2D eigenvalue weighted by Gasteiger charge is -2.13. The van der Waals surface area contributed by atoms with Crippen LogP contribution in [-0.4, -0.2) is 97.9 Å². The van der Waals surface area contributed by atoms with Gasteiger partial charge in [0.25, 0.3) is 5.91 Å². The molecule has 0 radical (unpaired) electrons. The monoisotopic (exact) mass is 916 g/mol. The molecule has 4 heterocycles. The smallest absolute Gasteiger partial charge is 0.341 e. The van der Waals surface area contributed by atoms with Crippen LogP contribution in [0.2, 0.25) is 0 Å². The number of hydrogen-bond donors (Lipinski definition) is 2. The van der Waals surface area contributed by atoms with Crippen LogP contribution in [0.25, 0.3) is 0 Å². The summed E-state index contributed by atoms with van der Waals surface area (Å²) in [7, 11) is -3.04. The second-order valence-corrected chi connectivity index (χ2v) is 17.3. The molecule has 2 atom stereocenters. The number of nitrogens with two attached hydrogens (primary N) is 1. The van der Waals surface area contributed by atoms with Gasteiger partial charge in [0.05, 0.1) is 72.8 Å². The number of esters is 1. The van der Waals surface area contributed by atoms with E-state index in [4.69, 9.17) is 24.7 Å². The second kappa shape index (κ2) is 23.5. The Hall–Kier alpha value is -4.54. The number of pyridine rings is 2. The molecule has 2 aliphatic heterocycles. The number of halogens is 2. The summed E-state index contributed by atoms with van der Waals surface area (Å²) in [4.78, 5) is 32.1. The summed E-state index contributed by atoms with van der Waals surface area (Å²) in [6.07, 6.45) is 1.43. The van der Waals surface area contributed by atoms with E-state index in [0.29, 0.717) is 44.4 Å². The zero-order chi connectivity index (χ0) is 42.6. The Morgan fingerprint density at radius 2 is 1.20 bits per heavy atom. The number of nitrogens with zero attached hydrogens (tertiary/aromatic N) is 2. The van der Waals surface area contributed by atoms with E-state index >= 15 is 0 Å². The van der Waals surface area contributed by atoms with Crippen molar-refractivity contribution in [1.82, 2.24) is 9.97 Å². The number of ether oxygens (including phenoxy) is 5. The summed E-state index contributed by atoms with van der Waals surface area (Å²) in [5, 5.41) is 2.54. The lowest BCUT2D eigenvalue weighted by Crippen LogP contribution is -2.18. The molecule has 0 bridgehead atoms. The second-order valence-electron chi connectivity index (χ2n) is 13.3. The molecule has 2 saturated heterocycles. The number of benzene rings is 2. The number of amides is 1. The highest BCUT2D eigenvalue weighted by molar-refractivity contribution is 7.91. The number of carbonyl (C=O) groups excluding carboxylic acids is 2. The normalized spacial score (nSPS) is 15.7. The molecule has 0 spiro atoms. The number of sulfone groups is 2. The number of carbonyl (C=O) groups is 2. The van der Waals surface area contributed by atoms with Crippen molar-refractivity contribution < 1.29 is 58.9 Å². The molecule has 2 fully saturated rings. The van der Waals surface area contributed by atoms with E-state index in [1.165, 1.54) is 88.9 Å². The maximum atomic E-state index is 13.4. The largest absolute Gasteiger partial charge is 0.496 e. The fourth-order valence-corrected chi connectivity index (χ4v) is 9.11. The van der Waals surface area contributed by atoms with Crippen LogP contribution in [0.3, 0.4) is 0 Å². The minimum atomic E-state index is -3.59. The minimum Gasteiger partial charge on any atom is -0.496 e. The summed E-state index contributed by atoms with van der Waals surface area (Å²) in [5.74, 6) is -1.11. The molecular weight excluding hydrogens is 867 g/mol. The fraction of sp³-hybridized carbons (Fsp3) is 0.385. The number of anilines is 2. The van der Waals surface area contributed by atoms with Crippen LogP contribution in [0, 0.1) is 37.3 Å². The van der Waals surface area contributed by atoms with Crippen LogP contribution < -0.4 is 20.5 Å². The Kier molecular flexibility index (Phi) is 20.2. The highest BCUT2D eigenvalue weighted by Gasteiger charge is 2.28. The quantitative estimate of drug-likeness (QED) is 0.185. The first-order valence-electron chi connectivity index (χ1n) is 17.9. The van der Waals surface area contributed by atoms with Crippen molar-refractivity contribution in [1.29, 1.82) is 0 Å². The van der Waals surface area contributed by atoms with Gasteiger partial charge in [-0.1, -0.05) is 0 Å². The number of nitrogens with one attached hydrogen (secondary N) is 1. The van der Waals surface area contributed by atoms with Gasteiger partial charge in [-0.15, -0.1) is 0 Å².